The number of likely N-dealkylation sites (N-methyl/N-ethyl adjacent to an activating group) is 1. The van der Waals surface area contributed by atoms with Gasteiger partial charge in [-0.2, -0.15) is 0 Å². The molecule has 3 aromatic rings. The van der Waals surface area contributed by atoms with Crippen LogP contribution in [0.25, 0.3) is 11.0 Å². The Labute approximate surface area is 138 Å². The van der Waals surface area contributed by atoms with Crippen LogP contribution in [0.3, 0.4) is 0 Å². The van der Waals surface area contributed by atoms with E-state index in [-0.39, 0.29) is 18.0 Å². The normalized spacial score (nSPS) is 11.0. The Kier molecular flexibility index (Phi) is 3.84. The first kappa shape index (κ1) is 15.8. The lowest BCUT2D eigenvalue weighted by atomic mass is 10.3. The molecular weight excluding hydrogens is 308 g/mol. The molecule has 0 saturated heterocycles. The number of amides is 1. The number of para-hydroxylation sites is 1. The van der Waals surface area contributed by atoms with Crippen LogP contribution in [-0.2, 0) is 25.4 Å². The summed E-state index contributed by atoms with van der Waals surface area (Å²) in [6, 6.07) is 10.9. The summed E-state index contributed by atoms with van der Waals surface area (Å²) in [6.07, 6.45) is 1.65. The first-order valence-electron chi connectivity index (χ1n) is 7.48. The Morgan fingerprint density at radius 2 is 1.71 bits per heavy atom. The van der Waals surface area contributed by atoms with Crippen molar-refractivity contribution in [3.05, 3.63) is 63.4 Å². The summed E-state index contributed by atoms with van der Waals surface area (Å²) in [5.41, 5.74) is 0.439. The van der Waals surface area contributed by atoms with Gasteiger partial charge in [0.05, 0.1) is 5.39 Å². The average molecular weight is 326 g/mol. The van der Waals surface area contributed by atoms with Gasteiger partial charge >= 0.3 is 5.69 Å². The smallest absolute Gasteiger partial charge is 0.324 e. The van der Waals surface area contributed by atoms with Gasteiger partial charge in [0.25, 0.3) is 5.56 Å². The summed E-state index contributed by atoms with van der Waals surface area (Å²) in [5.74, 6) is -0.146. The average Bonchev–Trinajstić information content (AvgIpc) is 3.01. The Bertz CT molecular complexity index is 1030. The molecule has 2 aromatic heterocycles. The van der Waals surface area contributed by atoms with Crippen molar-refractivity contribution < 1.29 is 4.79 Å². The molecule has 0 bridgehead atoms. The van der Waals surface area contributed by atoms with Gasteiger partial charge in [-0.3, -0.25) is 18.7 Å². The van der Waals surface area contributed by atoms with Crippen molar-refractivity contribution in [1.82, 2.24) is 13.7 Å². The van der Waals surface area contributed by atoms with Crippen LogP contribution in [0.5, 0.6) is 0 Å². The summed E-state index contributed by atoms with van der Waals surface area (Å²) < 4.78 is 4.07. The van der Waals surface area contributed by atoms with Crippen LogP contribution in [0.15, 0.2) is 52.2 Å². The molecule has 1 amide bonds. The fourth-order valence-corrected chi connectivity index (χ4v) is 2.76. The van der Waals surface area contributed by atoms with Crippen molar-refractivity contribution in [1.29, 1.82) is 0 Å². The summed E-state index contributed by atoms with van der Waals surface area (Å²) in [7, 11) is 4.73. The summed E-state index contributed by atoms with van der Waals surface area (Å²) >= 11 is 0. The molecule has 0 atom stereocenters. The first-order valence-corrected chi connectivity index (χ1v) is 7.48. The fraction of sp³-hybridized carbons (Fsp3) is 0.235. The molecule has 0 spiro atoms. The SMILES string of the molecule is CN(C(=O)Cn1ccc2c(=O)n(C)c(=O)n(C)c21)c1ccccc1. The zero-order valence-corrected chi connectivity index (χ0v) is 13.8. The van der Waals surface area contributed by atoms with E-state index in [4.69, 9.17) is 0 Å². The highest BCUT2D eigenvalue weighted by atomic mass is 16.2. The van der Waals surface area contributed by atoms with E-state index in [2.05, 4.69) is 0 Å². The Balaban J connectivity index is 2.01. The number of benzene rings is 1. The number of hydrogen-bond acceptors (Lipinski definition) is 3. The minimum atomic E-state index is -0.420. The number of fused-ring (bicyclic) bond motifs is 1. The highest BCUT2D eigenvalue weighted by Gasteiger charge is 2.16. The minimum absolute atomic E-state index is 0.0370. The van der Waals surface area contributed by atoms with Crippen LogP contribution in [-0.4, -0.2) is 26.7 Å². The molecule has 0 N–H and O–H groups in total. The van der Waals surface area contributed by atoms with Crippen LogP contribution in [0.2, 0.25) is 0 Å². The van der Waals surface area contributed by atoms with E-state index in [9.17, 15) is 14.4 Å². The summed E-state index contributed by atoms with van der Waals surface area (Å²) in [6.45, 7) is 0.0370. The largest absolute Gasteiger partial charge is 0.332 e. The molecule has 0 unspecified atom stereocenters. The van der Waals surface area contributed by atoms with E-state index >= 15 is 0 Å². The second-order valence-electron chi connectivity index (χ2n) is 5.67. The standard InChI is InChI=1S/C17H18N4O3/c1-18(12-7-5-4-6-8-12)14(22)11-21-10-9-13-15(21)19(2)17(24)20(3)16(13)23/h4-10H,11H2,1-3H3. The van der Waals surface area contributed by atoms with Crippen molar-refractivity contribution in [2.24, 2.45) is 14.1 Å². The van der Waals surface area contributed by atoms with E-state index in [1.54, 1.807) is 35.8 Å². The fourth-order valence-electron chi connectivity index (χ4n) is 2.76. The van der Waals surface area contributed by atoms with Crippen molar-refractivity contribution in [3.8, 4) is 0 Å². The number of carbonyl (C=O) groups is 1. The van der Waals surface area contributed by atoms with Gasteiger partial charge in [-0.05, 0) is 18.2 Å². The summed E-state index contributed by atoms with van der Waals surface area (Å²) in [4.78, 5) is 38.4. The van der Waals surface area contributed by atoms with Crippen LogP contribution in [0.1, 0.15) is 0 Å². The number of nitrogens with zero attached hydrogens (tertiary/aromatic N) is 4. The molecule has 2 heterocycles. The zero-order chi connectivity index (χ0) is 17.4. The Hall–Kier alpha value is -3.09. The molecule has 7 nitrogen and oxygen atoms in total. The lowest BCUT2D eigenvalue weighted by Crippen LogP contribution is -2.37. The third-order valence-electron chi connectivity index (χ3n) is 4.18. The van der Waals surface area contributed by atoms with Gasteiger partial charge in [-0.15, -0.1) is 0 Å². The highest BCUT2D eigenvalue weighted by molar-refractivity contribution is 5.93. The van der Waals surface area contributed by atoms with Crippen molar-refractivity contribution in [2.45, 2.75) is 6.54 Å². The van der Waals surface area contributed by atoms with Crippen LogP contribution < -0.4 is 16.1 Å². The molecule has 1 aromatic carbocycles. The lowest BCUT2D eigenvalue weighted by molar-refractivity contribution is -0.118. The maximum absolute atomic E-state index is 12.5. The zero-order valence-electron chi connectivity index (χ0n) is 13.8. The molecule has 0 aliphatic rings. The molecule has 0 fully saturated rings. The lowest BCUT2D eigenvalue weighted by Gasteiger charge is -2.18. The minimum Gasteiger partial charge on any atom is -0.324 e. The maximum Gasteiger partial charge on any atom is 0.332 e. The van der Waals surface area contributed by atoms with E-state index in [1.165, 1.54) is 11.6 Å². The van der Waals surface area contributed by atoms with Gasteiger partial charge in [-0.1, -0.05) is 18.2 Å². The number of rotatable bonds is 3. The third-order valence-corrected chi connectivity index (χ3v) is 4.18. The van der Waals surface area contributed by atoms with E-state index in [1.807, 2.05) is 30.3 Å². The Morgan fingerprint density at radius 3 is 2.38 bits per heavy atom. The number of carbonyl (C=O) groups excluding carboxylic acids is 1. The Morgan fingerprint density at radius 1 is 1.04 bits per heavy atom. The molecule has 0 radical (unpaired) electrons. The molecule has 0 aliphatic carbocycles. The second-order valence-corrected chi connectivity index (χ2v) is 5.67. The van der Waals surface area contributed by atoms with Gasteiger partial charge in [0.2, 0.25) is 5.91 Å². The quantitative estimate of drug-likeness (QED) is 0.711. The molecule has 3 rings (SSSR count). The van der Waals surface area contributed by atoms with Gasteiger partial charge in [-0.25, -0.2) is 4.79 Å². The third kappa shape index (κ3) is 2.44. The van der Waals surface area contributed by atoms with Crippen LogP contribution in [0.4, 0.5) is 5.69 Å². The maximum atomic E-state index is 12.5. The van der Waals surface area contributed by atoms with Crippen molar-refractivity contribution in [2.75, 3.05) is 11.9 Å². The first-order chi connectivity index (χ1) is 11.4. The predicted molar refractivity (Wildman–Crippen MR) is 92.3 cm³/mol. The summed E-state index contributed by atoms with van der Waals surface area (Å²) in [5, 5.41) is 0.412. The van der Waals surface area contributed by atoms with Crippen LogP contribution in [0, 0.1) is 0 Å². The molecule has 0 saturated carbocycles. The van der Waals surface area contributed by atoms with E-state index in [0.717, 1.165) is 10.3 Å². The highest BCUT2D eigenvalue weighted by Crippen LogP contribution is 2.14. The topological polar surface area (TPSA) is 69.2 Å². The number of aryl methyl sites for hydroxylation is 1. The van der Waals surface area contributed by atoms with Gasteiger partial charge in [0.15, 0.2) is 0 Å². The van der Waals surface area contributed by atoms with Crippen molar-refractivity contribution in [3.63, 3.8) is 0 Å². The van der Waals surface area contributed by atoms with Crippen LogP contribution >= 0.6 is 0 Å². The molecule has 24 heavy (non-hydrogen) atoms. The predicted octanol–water partition coefficient (Wildman–Crippen LogP) is 0.702. The van der Waals surface area contributed by atoms with Gasteiger partial charge in [0, 0.05) is 33.0 Å². The molecule has 7 heteroatoms. The number of hydrogen-bond donors (Lipinski definition) is 0. The van der Waals surface area contributed by atoms with Gasteiger partial charge in [0.1, 0.15) is 12.2 Å². The molecular formula is C17H18N4O3. The second kappa shape index (κ2) is 5.84. The van der Waals surface area contributed by atoms with Crippen molar-refractivity contribution >= 4 is 22.6 Å². The monoisotopic (exact) mass is 326 g/mol. The number of anilines is 1. The number of aromatic nitrogens is 3. The van der Waals surface area contributed by atoms with E-state index in [0.29, 0.717) is 11.0 Å². The molecule has 0 aliphatic heterocycles. The van der Waals surface area contributed by atoms with Gasteiger partial charge < -0.3 is 9.47 Å². The molecule has 124 valence electrons. The van der Waals surface area contributed by atoms with E-state index < -0.39 is 5.69 Å².